The molecule has 0 saturated carbocycles. The number of pyridine rings is 1. The molecule has 3 aromatic rings. The van der Waals surface area contributed by atoms with Crippen LogP contribution in [-0.4, -0.2) is 28.7 Å². The lowest BCUT2D eigenvalue weighted by molar-refractivity contribution is 0.375. The van der Waals surface area contributed by atoms with Crippen LogP contribution in [0, 0.1) is 0 Å². The molecule has 5 nitrogen and oxygen atoms in total. The van der Waals surface area contributed by atoms with Crippen LogP contribution in [0.2, 0.25) is 0 Å². The number of aromatic nitrogens is 3. The van der Waals surface area contributed by atoms with Gasteiger partial charge in [-0.2, -0.15) is 4.98 Å². The number of hydrogen-bond acceptors (Lipinski definition) is 5. The maximum atomic E-state index is 5.27. The molecule has 0 unspecified atom stereocenters. The molecule has 0 radical (unpaired) electrons. The second-order valence-electron chi connectivity index (χ2n) is 4.63. The Morgan fingerprint density at radius 1 is 1.25 bits per heavy atom. The molecule has 20 heavy (non-hydrogen) atoms. The molecule has 1 aromatic carbocycles. The zero-order chi connectivity index (χ0) is 13.8. The van der Waals surface area contributed by atoms with Crippen molar-refractivity contribution >= 4 is 10.9 Å². The van der Waals surface area contributed by atoms with Gasteiger partial charge < -0.3 is 9.84 Å². The van der Waals surface area contributed by atoms with E-state index in [0.29, 0.717) is 11.7 Å². The molecule has 0 aliphatic carbocycles. The molecular formula is C15H16N4O. The lowest BCUT2D eigenvalue weighted by atomic mass is 10.1. The van der Waals surface area contributed by atoms with E-state index in [4.69, 9.17) is 4.52 Å². The summed E-state index contributed by atoms with van der Waals surface area (Å²) in [5.74, 6) is 1.32. The average Bonchev–Trinajstić information content (AvgIpc) is 2.96. The third-order valence-corrected chi connectivity index (χ3v) is 3.15. The summed E-state index contributed by atoms with van der Waals surface area (Å²) in [4.78, 5) is 8.73. The first-order valence-corrected chi connectivity index (χ1v) is 6.69. The van der Waals surface area contributed by atoms with Crippen LogP contribution < -0.4 is 5.32 Å². The highest BCUT2D eigenvalue weighted by atomic mass is 16.5. The summed E-state index contributed by atoms with van der Waals surface area (Å²) >= 11 is 0. The molecule has 0 fully saturated rings. The maximum absolute atomic E-state index is 5.27. The molecule has 0 saturated heterocycles. The van der Waals surface area contributed by atoms with Gasteiger partial charge >= 0.3 is 0 Å². The molecule has 2 aromatic heterocycles. The Kier molecular flexibility index (Phi) is 3.69. The minimum absolute atomic E-state index is 0.634. The Hall–Kier alpha value is -2.27. The largest absolute Gasteiger partial charge is 0.339 e. The molecule has 5 heteroatoms. The van der Waals surface area contributed by atoms with Crippen LogP contribution in [0.25, 0.3) is 22.3 Å². The van der Waals surface area contributed by atoms with Gasteiger partial charge in [-0.05, 0) is 44.3 Å². The van der Waals surface area contributed by atoms with Crippen LogP contribution in [0.4, 0.5) is 0 Å². The van der Waals surface area contributed by atoms with Gasteiger partial charge in [0, 0.05) is 23.6 Å². The highest BCUT2D eigenvalue weighted by Crippen LogP contribution is 2.21. The quantitative estimate of drug-likeness (QED) is 0.720. The summed E-state index contributed by atoms with van der Waals surface area (Å²) in [6.07, 6.45) is 3.57. The van der Waals surface area contributed by atoms with E-state index in [0.717, 1.165) is 35.9 Å². The first-order chi connectivity index (χ1) is 9.86. The zero-order valence-electron chi connectivity index (χ0n) is 11.3. The van der Waals surface area contributed by atoms with Crippen LogP contribution in [0.15, 0.2) is 41.1 Å². The average molecular weight is 268 g/mol. The van der Waals surface area contributed by atoms with E-state index in [1.54, 1.807) is 6.20 Å². The second-order valence-corrected chi connectivity index (χ2v) is 4.63. The van der Waals surface area contributed by atoms with Crippen molar-refractivity contribution in [2.45, 2.75) is 12.8 Å². The number of hydrogen-bond donors (Lipinski definition) is 1. The molecule has 0 spiro atoms. The Balaban J connectivity index is 1.83. The number of fused-ring (bicyclic) bond motifs is 1. The van der Waals surface area contributed by atoms with E-state index < -0.39 is 0 Å². The lowest BCUT2D eigenvalue weighted by Gasteiger charge is -1.98. The van der Waals surface area contributed by atoms with Gasteiger partial charge in [-0.3, -0.25) is 4.98 Å². The highest BCUT2D eigenvalue weighted by molar-refractivity contribution is 5.82. The Bertz CT molecular complexity index is 708. The molecule has 102 valence electrons. The first kappa shape index (κ1) is 12.7. The van der Waals surface area contributed by atoms with Crippen molar-refractivity contribution in [1.29, 1.82) is 0 Å². The standard InChI is InChI=1S/C15H16N4O/c1-16-8-3-5-14-18-15(19-20-14)12-6-7-13-11(10-12)4-2-9-17-13/h2,4,6-7,9-10,16H,3,5,8H2,1H3. The molecular weight excluding hydrogens is 252 g/mol. The Morgan fingerprint density at radius 2 is 2.20 bits per heavy atom. The zero-order valence-corrected chi connectivity index (χ0v) is 11.3. The van der Waals surface area contributed by atoms with Gasteiger partial charge in [0.25, 0.3) is 0 Å². The number of benzene rings is 1. The molecule has 0 atom stereocenters. The van der Waals surface area contributed by atoms with Gasteiger partial charge in [0.15, 0.2) is 0 Å². The number of nitrogens with one attached hydrogen (secondary N) is 1. The van der Waals surface area contributed by atoms with Crippen LogP contribution in [0.5, 0.6) is 0 Å². The summed E-state index contributed by atoms with van der Waals surface area (Å²) in [5, 5.41) is 8.22. The van der Waals surface area contributed by atoms with Gasteiger partial charge in [0.05, 0.1) is 5.52 Å². The normalized spacial score (nSPS) is 11.1. The molecule has 1 N–H and O–H groups in total. The van der Waals surface area contributed by atoms with Crippen molar-refractivity contribution in [2.75, 3.05) is 13.6 Å². The third kappa shape index (κ3) is 2.67. The van der Waals surface area contributed by atoms with Crippen molar-refractivity contribution < 1.29 is 4.52 Å². The summed E-state index contributed by atoms with van der Waals surface area (Å²) in [6.45, 7) is 0.944. The van der Waals surface area contributed by atoms with Gasteiger partial charge in [-0.25, -0.2) is 0 Å². The van der Waals surface area contributed by atoms with Crippen molar-refractivity contribution in [2.24, 2.45) is 0 Å². The van der Waals surface area contributed by atoms with Crippen LogP contribution in [-0.2, 0) is 6.42 Å². The SMILES string of the molecule is CNCCCc1nc(-c2ccc3ncccc3c2)no1. The number of rotatable bonds is 5. The third-order valence-electron chi connectivity index (χ3n) is 3.15. The molecule has 0 aliphatic rings. The molecule has 0 aliphatic heterocycles. The minimum Gasteiger partial charge on any atom is -0.339 e. The summed E-state index contributed by atoms with van der Waals surface area (Å²) in [5.41, 5.74) is 1.92. The van der Waals surface area contributed by atoms with Crippen LogP contribution in [0.1, 0.15) is 12.3 Å². The lowest BCUT2D eigenvalue weighted by Crippen LogP contribution is -2.08. The fourth-order valence-electron chi connectivity index (χ4n) is 2.10. The smallest absolute Gasteiger partial charge is 0.227 e. The molecule has 0 amide bonds. The van der Waals surface area contributed by atoms with E-state index in [9.17, 15) is 0 Å². The van der Waals surface area contributed by atoms with E-state index in [2.05, 4.69) is 20.4 Å². The topological polar surface area (TPSA) is 63.8 Å². The fraction of sp³-hybridized carbons (Fsp3) is 0.267. The predicted molar refractivity (Wildman–Crippen MR) is 77.3 cm³/mol. The van der Waals surface area contributed by atoms with Gasteiger partial charge in [0.1, 0.15) is 0 Å². The minimum atomic E-state index is 0.634. The number of nitrogens with zero attached hydrogens (tertiary/aromatic N) is 3. The van der Waals surface area contributed by atoms with E-state index in [1.807, 2.05) is 37.4 Å². The Morgan fingerprint density at radius 3 is 3.10 bits per heavy atom. The molecule has 0 bridgehead atoms. The van der Waals surface area contributed by atoms with E-state index in [1.165, 1.54) is 0 Å². The van der Waals surface area contributed by atoms with Crippen molar-refractivity contribution in [3.05, 3.63) is 42.4 Å². The van der Waals surface area contributed by atoms with Gasteiger partial charge in [-0.1, -0.05) is 11.2 Å². The van der Waals surface area contributed by atoms with Crippen molar-refractivity contribution in [3.8, 4) is 11.4 Å². The molecule has 2 heterocycles. The van der Waals surface area contributed by atoms with Gasteiger partial charge in [-0.15, -0.1) is 0 Å². The Labute approximate surface area is 117 Å². The van der Waals surface area contributed by atoms with Crippen molar-refractivity contribution in [3.63, 3.8) is 0 Å². The van der Waals surface area contributed by atoms with Gasteiger partial charge in [0.2, 0.25) is 11.7 Å². The van der Waals surface area contributed by atoms with Crippen LogP contribution in [0.3, 0.4) is 0 Å². The first-order valence-electron chi connectivity index (χ1n) is 6.69. The maximum Gasteiger partial charge on any atom is 0.227 e. The monoisotopic (exact) mass is 268 g/mol. The highest BCUT2D eigenvalue weighted by Gasteiger charge is 2.09. The molecule has 3 rings (SSSR count). The van der Waals surface area contributed by atoms with E-state index >= 15 is 0 Å². The summed E-state index contributed by atoms with van der Waals surface area (Å²) in [6, 6.07) is 9.93. The van der Waals surface area contributed by atoms with Crippen molar-refractivity contribution in [1.82, 2.24) is 20.4 Å². The summed E-state index contributed by atoms with van der Waals surface area (Å²) < 4.78 is 5.27. The number of aryl methyl sites for hydroxylation is 1. The second kappa shape index (κ2) is 5.79. The predicted octanol–water partition coefficient (Wildman–Crippen LogP) is 2.44. The van der Waals surface area contributed by atoms with Crippen LogP contribution >= 0.6 is 0 Å². The van der Waals surface area contributed by atoms with E-state index in [-0.39, 0.29) is 0 Å². The summed E-state index contributed by atoms with van der Waals surface area (Å²) in [7, 11) is 1.93. The fourth-order valence-corrected chi connectivity index (χ4v) is 2.10.